The average molecular weight is 185 g/mol. The Balaban J connectivity index is 2.07. The normalized spacial score (nSPS) is 24.8. The molecule has 0 saturated heterocycles. The quantitative estimate of drug-likeness (QED) is 0.551. The van der Waals surface area contributed by atoms with Gasteiger partial charge in [0.1, 0.15) is 0 Å². The number of nitrogens with one attached hydrogen (secondary N) is 3. The Morgan fingerprint density at radius 1 is 1.46 bits per heavy atom. The zero-order valence-electron chi connectivity index (χ0n) is 7.89. The van der Waals surface area contributed by atoms with Crippen molar-refractivity contribution in [3.63, 3.8) is 0 Å². The van der Waals surface area contributed by atoms with Crippen LogP contribution in [0.2, 0.25) is 0 Å². The lowest BCUT2D eigenvalue weighted by molar-refractivity contribution is -0.119. The highest BCUT2D eigenvalue weighted by molar-refractivity contribution is 5.83. The molecule has 3 amide bonds. The van der Waals surface area contributed by atoms with Gasteiger partial charge in [0.2, 0.25) is 5.91 Å². The van der Waals surface area contributed by atoms with Crippen LogP contribution in [0.25, 0.3) is 0 Å². The monoisotopic (exact) mass is 185 g/mol. The first kappa shape index (κ1) is 9.83. The molecule has 0 spiro atoms. The van der Waals surface area contributed by atoms with E-state index in [-0.39, 0.29) is 18.5 Å². The number of amides is 3. The van der Waals surface area contributed by atoms with Gasteiger partial charge in [-0.25, -0.2) is 4.79 Å². The molecule has 0 aromatic rings. The van der Waals surface area contributed by atoms with Crippen LogP contribution in [0.1, 0.15) is 13.3 Å². The molecular formula is C8H15N3O2. The second kappa shape index (κ2) is 4.11. The molecule has 2 atom stereocenters. The molecule has 1 saturated carbocycles. The molecule has 0 bridgehead atoms. The molecule has 1 aliphatic carbocycles. The maximum absolute atomic E-state index is 11.1. The van der Waals surface area contributed by atoms with Gasteiger partial charge < -0.3 is 16.0 Å². The Morgan fingerprint density at radius 3 is 2.54 bits per heavy atom. The van der Waals surface area contributed by atoms with Crippen LogP contribution in [0, 0.1) is 5.92 Å². The van der Waals surface area contributed by atoms with E-state index in [9.17, 15) is 9.59 Å². The van der Waals surface area contributed by atoms with Crippen molar-refractivity contribution < 1.29 is 9.59 Å². The molecule has 74 valence electrons. The lowest BCUT2D eigenvalue weighted by atomic mass is 10.5. The smallest absolute Gasteiger partial charge is 0.315 e. The third kappa shape index (κ3) is 3.31. The SMILES string of the molecule is CNC(=O)CNC(=O)N[C@@H]1C[C@H]1C. The van der Waals surface area contributed by atoms with E-state index < -0.39 is 0 Å². The van der Waals surface area contributed by atoms with Crippen molar-refractivity contribution in [1.82, 2.24) is 16.0 Å². The third-order valence-electron chi connectivity index (χ3n) is 2.11. The van der Waals surface area contributed by atoms with Crippen molar-refractivity contribution in [3.05, 3.63) is 0 Å². The van der Waals surface area contributed by atoms with Crippen LogP contribution < -0.4 is 16.0 Å². The number of likely N-dealkylation sites (N-methyl/N-ethyl adjacent to an activating group) is 1. The van der Waals surface area contributed by atoms with Crippen LogP contribution in [0.5, 0.6) is 0 Å². The van der Waals surface area contributed by atoms with Gasteiger partial charge in [0.15, 0.2) is 0 Å². The Morgan fingerprint density at radius 2 is 2.08 bits per heavy atom. The van der Waals surface area contributed by atoms with Gasteiger partial charge >= 0.3 is 6.03 Å². The number of hydrogen-bond donors (Lipinski definition) is 3. The highest BCUT2D eigenvalue weighted by Crippen LogP contribution is 2.28. The predicted molar refractivity (Wildman–Crippen MR) is 48.2 cm³/mol. The Bertz CT molecular complexity index is 217. The molecule has 0 aliphatic heterocycles. The molecule has 5 nitrogen and oxygen atoms in total. The lowest BCUT2D eigenvalue weighted by Crippen LogP contribution is -2.42. The zero-order valence-corrected chi connectivity index (χ0v) is 7.89. The number of rotatable bonds is 3. The van der Waals surface area contributed by atoms with Crippen molar-refractivity contribution in [1.29, 1.82) is 0 Å². The topological polar surface area (TPSA) is 70.2 Å². The van der Waals surface area contributed by atoms with E-state index in [1.165, 1.54) is 7.05 Å². The van der Waals surface area contributed by atoms with Gasteiger partial charge in [0.05, 0.1) is 6.54 Å². The summed E-state index contributed by atoms with van der Waals surface area (Å²) in [4.78, 5) is 21.8. The number of carbonyl (C=O) groups is 2. The van der Waals surface area contributed by atoms with Gasteiger partial charge in [-0.15, -0.1) is 0 Å². The van der Waals surface area contributed by atoms with Crippen LogP contribution in [0.15, 0.2) is 0 Å². The Hall–Kier alpha value is -1.26. The highest BCUT2D eigenvalue weighted by atomic mass is 16.2. The van der Waals surface area contributed by atoms with Gasteiger partial charge in [-0.1, -0.05) is 6.92 Å². The fourth-order valence-electron chi connectivity index (χ4n) is 0.992. The fraction of sp³-hybridized carbons (Fsp3) is 0.750. The first-order chi connectivity index (χ1) is 6.13. The van der Waals surface area contributed by atoms with Gasteiger partial charge in [-0.2, -0.15) is 0 Å². The molecule has 0 aromatic heterocycles. The molecule has 0 heterocycles. The molecule has 13 heavy (non-hydrogen) atoms. The molecule has 3 N–H and O–H groups in total. The van der Waals surface area contributed by atoms with E-state index >= 15 is 0 Å². The van der Waals surface area contributed by atoms with Crippen LogP contribution in [0.4, 0.5) is 4.79 Å². The van der Waals surface area contributed by atoms with Crippen LogP contribution >= 0.6 is 0 Å². The highest BCUT2D eigenvalue weighted by Gasteiger charge is 2.33. The number of carbonyl (C=O) groups excluding carboxylic acids is 2. The predicted octanol–water partition coefficient (Wildman–Crippen LogP) is -0.560. The van der Waals surface area contributed by atoms with E-state index in [0.29, 0.717) is 12.0 Å². The summed E-state index contributed by atoms with van der Waals surface area (Å²) in [6.07, 6.45) is 1.04. The Kier molecular flexibility index (Phi) is 3.11. The van der Waals surface area contributed by atoms with Gasteiger partial charge in [-0.05, 0) is 12.3 Å². The summed E-state index contributed by atoms with van der Waals surface area (Å²) >= 11 is 0. The fourth-order valence-corrected chi connectivity index (χ4v) is 0.992. The minimum atomic E-state index is -0.266. The largest absolute Gasteiger partial charge is 0.358 e. The van der Waals surface area contributed by atoms with E-state index in [4.69, 9.17) is 0 Å². The van der Waals surface area contributed by atoms with Crippen molar-refractivity contribution in [2.75, 3.05) is 13.6 Å². The molecule has 1 rings (SSSR count). The van der Waals surface area contributed by atoms with Crippen LogP contribution in [-0.4, -0.2) is 31.6 Å². The zero-order chi connectivity index (χ0) is 9.84. The maximum Gasteiger partial charge on any atom is 0.315 e. The van der Waals surface area contributed by atoms with Crippen LogP contribution in [0.3, 0.4) is 0 Å². The summed E-state index contributed by atoms with van der Waals surface area (Å²) in [5.74, 6) is 0.379. The first-order valence-corrected chi connectivity index (χ1v) is 4.38. The lowest BCUT2D eigenvalue weighted by Gasteiger charge is -2.05. The summed E-state index contributed by atoms with van der Waals surface area (Å²) in [7, 11) is 1.53. The second-order valence-electron chi connectivity index (χ2n) is 3.32. The standard InChI is InChI=1S/C8H15N3O2/c1-5-3-6(5)11-8(13)10-4-7(12)9-2/h5-6H,3-4H2,1-2H3,(H,9,12)(H2,10,11,13)/t5-,6-/m1/s1. The van der Waals surface area contributed by atoms with Gasteiger partial charge in [0, 0.05) is 13.1 Å². The van der Waals surface area contributed by atoms with Crippen molar-refractivity contribution in [3.8, 4) is 0 Å². The maximum atomic E-state index is 11.1. The van der Waals surface area contributed by atoms with Crippen LogP contribution in [-0.2, 0) is 4.79 Å². The van der Waals surface area contributed by atoms with E-state index in [0.717, 1.165) is 6.42 Å². The van der Waals surface area contributed by atoms with Gasteiger partial charge in [0.25, 0.3) is 0 Å². The molecule has 1 aliphatic rings. The first-order valence-electron chi connectivity index (χ1n) is 4.38. The minimum absolute atomic E-state index is 0.0312. The molecule has 5 heteroatoms. The summed E-state index contributed by atoms with van der Waals surface area (Å²) < 4.78 is 0. The van der Waals surface area contributed by atoms with E-state index in [1.54, 1.807) is 0 Å². The second-order valence-corrected chi connectivity index (χ2v) is 3.32. The summed E-state index contributed by atoms with van der Waals surface area (Å²) in [5.41, 5.74) is 0. The van der Waals surface area contributed by atoms with Crippen molar-refractivity contribution >= 4 is 11.9 Å². The summed E-state index contributed by atoms with van der Waals surface area (Å²) in [5, 5.41) is 7.63. The molecule has 0 unspecified atom stereocenters. The third-order valence-corrected chi connectivity index (χ3v) is 2.11. The molecular weight excluding hydrogens is 170 g/mol. The van der Waals surface area contributed by atoms with Gasteiger partial charge in [-0.3, -0.25) is 4.79 Å². The molecule has 1 fully saturated rings. The molecule has 0 aromatic carbocycles. The number of urea groups is 1. The summed E-state index contributed by atoms with van der Waals surface area (Å²) in [6, 6.07) is 0.0302. The Labute approximate surface area is 77.3 Å². The van der Waals surface area contributed by atoms with Crippen molar-refractivity contribution in [2.24, 2.45) is 5.92 Å². The minimum Gasteiger partial charge on any atom is -0.358 e. The van der Waals surface area contributed by atoms with E-state index in [1.807, 2.05) is 0 Å². The number of hydrogen-bond acceptors (Lipinski definition) is 2. The summed E-state index contributed by atoms with van der Waals surface area (Å²) in [6.45, 7) is 2.10. The van der Waals surface area contributed by atoms with E-state index in [2.05, 4.69) is 22.9 Å². The van der Waals surface area contributed by atoms with Crippen molar-refractivity contribution in [2.45, 2.75) is 19.4 Å². The average Bonchev–Trinajstić information content (AvgIpc) is 2.77. The molecule has 0 radical (unpaired) electrons.